The number of aryl methyl sites for hydroxylation is 1. The van der Waals surface area contributed by atoms with Gasteiger partial charge in [0.05, 0.1) is 12.1 Å². The summed E-state index contributed by atoms with van der Waals surface area (Å²) in [5, 5.41) is 11.3. The summed E-state index contributed by atoms with van der Waals surface area (Å²) in [7, 11) is 3.59. The molecule has 8 nitrogen and oxygen atoms in total. The third kappa shape index (κ3) is 4.04. The minimum Gasteiger partial charge on any atom is -0.340 e. The van der Waals surface area contributed by atoms with Gasteiger partial charge in [0.15, 0.2) is 0 Å². The number of nitrogens with one attached hydrogen (secondary N) is 1. The first kappa shape index (κ1) is 19.3. The molecule has 1 fully saturated rings. The molecule has 2 aromatic heterocycles. The highest BCUT2D eigenvalue weighted by molar-refractivity contribution is 5.83. The van der Waals surface area contributed by atoms with Crippen molar-refractivity contribution in [1.82, 2.24) is 30.1 Å². The Morgan fingerprint density at radius 2 is 2.14 bits per heavy atom. The predicted molar refractivity (Wildman–Crippen MR) is 103 cm³/mol. The number of piperidine rings is 1. The Balaban J connectivity index is 1.48. The number of hydrogen-bond acceptors (Lipinski definition) is 6. The zero-order valence-electron chi connectivity index (χ0n) is 16.4. The Morgan fingerprint density at radius 3 is 2.83 bits per heavy atom. The van der Waals surface area contributed by atoms with E-state index in [4.69, 9.17) is 4.52 Å². The van der Waals surface area contributed by atoms with Gasteiger partial charge in [-0.1, -0.05) is 5.16 Å². The molecule has 9 heteroatoms. The van der Waals surface area contributed by atoms with Gasteiger partial charge in [0.25, 0.3) is 0 Å². The van der Waals surface area contributed by atoms with E-state index >= 15 is 0 Å². The molecule has 0 spiro atoms. The van der Waals surface area contributed by atoms with Gasteiger partial charge in [0.1, 0.15) is 11.9 Å². The van der Waals surface area contributed by atoms with Crippen molar-refractivity contribution in [3.05, 3.63) is 53.9 Å². The van der Waals surface area contributed by atoms with Gasteiger partial charge in [-0.25, -0.2) is 4.39 Å². The van der Waals surface area contributed by atoms with E-state index in [1.165, 1.54) is 12.1 Å². The van der Waals surface area contributed by atoms with Crippen LogP contribution in [0.3, 0.4) is 0 Å². The highest BCUT2D eigenvalue weighted by Crippen LogP contribution is 2.29. The summed E-state index contributed by atoms with van der Waals surface area (Å²) in [5.41, 5.74) is 1.52. The zero-order chi connectivity index (χ0) is 20.4. The average Bonchev–Trinajstić information content (AvgIpc) is 3.39. The van der Waals surface area contributed by atoms with Crippen LogP contribution >= 0.6 is 0 Å². The fraction of sp³-hybridized carbons (Fsp3) is 0.400. The second-order valence-corrected chi connectivity index (χ2v) is 7.26. The molecule has 0 aliphatic carbocycles. The molecular formula is C20H23FN6O2. The molecule has 1 aliphatic heterocycles. The number of halogens is 1. The number of rotatable bonds is 5. The number of aromatic nitrogens is 4. The quantitative estimate of drug-likeness (QED) is 0.709. The van der Waals surface area contributed by atoms with Gasteiger partial charge in [-0.2, -0.15) is 10.1 Å². The minimum absolute atomic E-state index is 0.00322. The maximum absolute atomic E-state index is 13.1. The van der Waals surface area contributed by atoms with Crippen LogP contribution in [-0.2, 0) is 11.8 Å². The number of hydrogen-bond donors (Lipinski definition) is 1. The Labute approximate surface area is 167 Å². The molecule has 0 radical (unpaired) electrons. The van der Waals surface area contributed by atoms with Crippen molar-refractivity contribution in [3.8, 4) is 11.4 Å². The Kier molecular flexibility index (Phi) is 5.39. The van der Waals surface area contributed by atoms with Crippen LogP contribution in [0, 0.1) is 5.82 Å². The lowest BCUT2D eigenvalue weighted by Gasteiger charge is -2.33. The van der Waals surface area contributed by atoms with Crippen molar-refractivity contribution in [3.63, 3.8) is 0 Å². The van der Waals surface area contributed by atoms with Crippen molar-refractivity contribution in [2.45, 2.75) is 24.8 Å². The lowest BCUT2D eigenvalue weighted by molar-refractivity contribution is -0.134. The lowest BCUT2D eigenvalue weighted by Crippen LogP contribution is -2.44. The molecule has 1 aliphatic rings. The maximum atomic E-state index is 13.1. The Morgan fingerprint density at radius 1 is 1.34 bits per heavy atom. The summed E-state index contributed by atoms with van der Waals surface area (Å²) in [4.78, 5) is 19.4. The molecule has 1 N–H and O–H groups in total. The summed E-state index contributed by atoms with van der Waals surface area (Å²) in [5.74, 6) is 0.590. The number of carbonyl (C=O) groups excluding carboxylic acids is 1. The minimum atomic E-state index is -0.445. The van der Waals surface area contributed by atoms with Crippen LogP contribution in [0.25, 0.3) is 11.4 Å². The first-order valence-corrected chi connectivity index (χ1v) is 9.59. The highest BCUT2D eigenvalue weighted by Gasteiger charge is 2.32. The van der Waals surface area contributed by atoms with Gasteiger partial charge >= 0.3 is 0 Å². The maximum Gasteiger partial charge on any atom is 0.244 e. The molecule has 2 unspecified atom stereocenters. The number of likely N-dealkylation sites (tertiary alicyclic amines) is 1. The van der Waals surface area contributed by atoms with Crippen LogP contribution in [0.5, 0.6) is 0 Å². The summed E-state index contributed by atoms with van der Waals surface area (Å²) in [6.45, 7) is 1.20. The second kappa shape index (κ2) is 8.12. The molecule has 152 valence electrons. The third-order valence-electron chi connectivity index (χ3n) is 5.22. The van der Waals surface area contributed by atoms with Crippen molar-refractivity contribution in [2.75, 3.05) is 20.1 Å². The van der Waals surface area contributed by atoms with Crippen LogP contribution in [-0.4, -0.2) is 50.9 Å². The smallest absolute Gasteiger partial charge is 0.244 e. The van der Waals surface area contributed by atoms with Gasteiger partial charge in [0, 0.05) is 37.5 Å². The largest absolute Gasteiger partial charge is 0.340 e. The van der Waals surface area contributed by atoms with Crippen LogP contribution in [0.4, 0.5) is 4.39 Å². The summed E-state index contributed by atoms with van der Waals surface area (Å²) in [6, 6.07) is 5.52. The fourth-order valence-corrected chi connectivity index (χ4v) is 3.70. The van der Waals surface area contributed by atoms with E-state index in [9.17, 15) is 9.18 Å². The molecule has 29 heavy (non-hydrogen) atoms. The number of nitrogens with zero attached hydrogens (tertiary/aromatic N) is 5. The van der Waals surface area contributed by atoms with Crippen molar-refractivity contribution < 1.29 is 13.7 Å². The highest BCUT2D eigenvalue weighted by atomic mass is 19.1. The van der Waals surface area contributed by atoms with E-state index in [1.807, 2.05) is 18.1 Å². The summed E-state index contributed by atoms with van der Waals surface area (Å²) >= 11 is 0. The standard InChI is InChI=1S/C20H23FN6O2/c1-22-17(15-10-23-26(2)11-15)20(28)27-9-3-4-14(12-27)19-24-18(25-29-19)13-5-7-16(21)8-6-13/h5-8,10-11,14,17,22H,3-4,9,12H2,1-2H3. The predicted octanol–water partition coefficient (Wildman–Crippen LogP) is 2.28. The Hall–Kier alpha value is -3.07. The number of carbonyl (C=O) groups is 1. The van der Waals surface area contributed by atoms with Crippen molar-refractivity contribution in [2.24, 2.45) is 7.05 Å². The van der Waals surface area contributed by atoms with Crippen molar-refractivity contribution >= 4 is 5.91 Å². The molecule has 1 aromatic carbocycles. The fourth-order valence-electron chi connectivity index (χ4n) is 3.70. The zero-order valence-corrected chi connectivity index (χ0v) is 16.4. The van der Waals surface area contributed by atoms with E-state index < -0.39 is 6.04 Å². The average molecular weight is 398 g/mol. The van der Waals surface area contributed by atoms with Gasteiger partial charge < -0.3 is 14.7 Å². The number of amides is 1. The van der Waals surface area contributed by atoms with E-state index in [0.29, 0.717) is 30.4 Å². The van der Waals surface area contributed by atoms with E-state index in [-0.39, 0.29) is 17.6 Å². The van der Waals surface area contributed by atoms with E-state index in [2.05, 4.69) is 20.6 Å². The monoisotopic (exact) mass is 398 g/mol. The molecule has 0 saturated carbocycles. The lowest BCUT2D eigenvalue weighted by atomic mass is 9.96. The number of benzene rings is 1. The Bertz CT molecular complexity index is 983. The van der Waals surface area contributed by atoms with Gasteiger partial charge in [-0.3, -0.25) is 9.48 Å². The topological polar surface area (TPSA) is 89.1 Å². The van der Waals surface area contributed by atoms with Gasteiger partial charge in [-0.15, -0.1) is 0 Å². The summed E-state index contributed by atoms with van der Waals surface area (Å²) < 4.78 is 20.3. The SMILES string of the molecule is CNC(C(=O)N1CCCC(c2nc(-c3ccc(F)cc3)no2)C1)c1cnn(C)c1. The van der Waals surface area contributed by atoms with Crippen LogP contribution in [0.2, 0.25) is 0 Å². The molecule has 3 heterocycles. The normalized spacial score (nSPS) is 18.0. The molecule has 0 bridgehead atoms. The third-order valence-corrected chi connectivity index (χ3v) is 5.22. The molecule has 1 saturated heterocycles. The van der Waals surface area contributed by atoms with Gasteiger partial charge in [0.2, 0.25) is 17.6 Å². The molecule has 3 aromatic rings. The van der Waals surface area contributed by atoms with Crippen LogP contribution in [0.15, 0.2) is 41.2 Å². The molecule has 1 amide bonds. The van der Waals surface area contributed by atoms with Crippen LogP contribution < -0.4 is 5.32 Å². The van der Waals surface area contributed by atoms with E-state index in [0.717, 1.165) is 18.4 Å². The molecule has 2 atom stereocenters. The first-order valence-electron chi connectivity index (χ1n) is 9.59. The second-order valence-electron chi connectivity index (χ2n) is 7.26. The number of likely N-dealkylation sites (N-methyl/N-ethyl adjacent to an activating group) is 1. The van der Waals surface area contributed by atoms with Crippen LogP contribution in [0.1, 0.15) is 36.3 Å². The van der Waals surface area contributed by atoms with E-state index in [1.54, 1.807) is 30.1 Å². The summed E-state index contributed by atoms with van der Waals surface area (Å²) in [6.07, 6.45) is 5.26. The van der Waals surface area contributed by atoms with Gasteiger partial charge in [-0.05, 0) is 44.2 Å². The van der Waals surface area contributed by atoms with Crippen molar-refractivity contribution in [1.29, 1.82) is 0 Å². The molecule has 4 rings (SSSR count). The first-order chi connectivity index (χ1) is 14.0. The molecular weight excluding hydrogens is 375 g/mol.